The molecule has 82 valence electrons. The van der Waals surface area contributed by atoms with Gasteiger partial charge in [0.2, 0.25) is 0 Å². The van der Waals surface area contributed by atoms with Gasteiger partial charge in [-0.2, -0.15) is 0 Å². The largest absolute Gasteiger partial charge is 0.468 e. The summed E-state index contributed by atoms with van der Waals surface area (Å²) in [6.07, 6.45) is 3.46. The molecule has 0 amide bonds. The second-order valence-corrected chi connectivity index (χ2v) is 3.97. The van der Waals surface area contributed by atoms with Crippen LogP contribution in [0.4, 0.5) is 0 Å². The fraction of sp³-hybridized carbons (Fsp3) is 0.900. The monoisotopic (exact) mass is 200 g/mol. The van der Waals surface area contributed by atoms with Gasteiger partial charge in [0.05, 0.1) is 13.7 Å². The van der Waals surface area contributed by atoms with Gasteiger partial charge in [0.1, 0.15) is 0 Å². The summed E-state index contributed by atoms with van der Waals surface area (Å²) < 4.78 is 4.66. The minimum Gasteiger partial charge on any atom is -0.468 e. The smallest absolute Gasteiger partial charge is 0.319 e. The van der Waals surface area contributed by atoms with Crippen LogP contribution >= 0.6 is 0 Å². The Morgan fingerprint density at radius 2 is 2.36 bits per heavy atom. The van der Waals surface area contributed by atoms with Crippen molar-refractivity contribution < 1.29 is 9.53 Å². The van der Waals surface area contributed by atoms with E-state index >= 15 is 0 Å². The molecule has 1 fully saturated rings. The third-order valence-electron chi connectivity index (χ3n) is 2.83. The van der Waals surface area contributed by atoms with E-state index in [1.165, 1.54) is 13.5 Å². The molecule has 1 rings (SSSR count). The number of esters is 1. The average molecular weight is 200 g/mol. The quantitative estimate of drug-likeness (QED) is 0.668. The molecular weight excluding hydrogens is 180 g/mol. The van der Waals surface area contributed by atoms with Gasteiger partial charge >= 0.3 is 5.97 Å². The lowest BCUT2D eigenvalue weighted by molar-refractivity contribution is -0.143. The highest BCUT2D eigenvalue weighted by Crippen LogP contribution is 2.18. The van der Waals surface area contributed by atoms with Gasteiger partial charge in [-0.05, 0) is 26.3 Å². The molecular formula is C10H20N2O2. The highest BCUT2D eigenvalue weighted by atomic mass is 16.5. The number of likely N-dealkylation sites (tertiary alicyclic amines) is 1. The van der Waals surface area contributed by atoms with Crippen molar-refractivity contribution in [3.63, 3.8) is 0 Å². The lowest BCUT2D eigenvalue weighted by atomic mass is 9.97. The van der Waals surface area contributed by atoms with E-state index in [0.29, 0.717) is 12.6 Å². The normalized spacial score (nSPS) is 25.8. The number of carbonyl (C=O) groups excluding carboxylic acids is 1. The van der Waals surface area contributed by atoms with Crippen LogP contribution < -0.4 is 5.73 Å². The number of rotatable bonds is 3. The molecule has 0 aromatic heterocycles. The lowest BCUT2D eigenvalue weighted by Gasteiger charge is -2.37. The zero-order valence-corrected chi connectivity index (χ0v) is 9.03. The Bertz CT molecular complexity index is 195. The molecule has 2 atom stereocenters. The molecule has 4 nitrogen and oxygen atoms in total. The number of ether oxygens (including phenoxy) is 1. The molecule has 0 radical (unpaired) electrons. The highest BCUT2D eigenvalue weighted by Gasteiger charge is 2.26. The Hall–Kier alpha value is -0.610. The van der Waals surface area contributed by atoms with Gasteiger partial charge in [0.15, 0.2) is 0 Å². The van der Waals surface area contributed by atoms with Crippen molar-refractivity contribution in [3.8, 4) is 0 Å². The molecule has 14 heavy (non-hydrogen) atoms. The summed E-state index contributed by atoms with van der Waals surface area (Å²) in [4.78, 5) is 13.3. The van der Waals surface area contributed by atoms with E-state index in [-0.39, 0.29) is 12.0 Å². The van der Waals surface area contributed by atoms with Crippen LogP contribution in [0.2, 0.25) is 0 Å². The lowest BCUT2D eigenvalue weighted by Crippen LogP contribution is -2.50. The van der Waals surface area contributed by atoms with Gasteiger partial charge < -0.3 is 10.5 Å². The van der Waals surface area contributed by atoms with E-state index in [1.807, 2.05) is 6.92 Å². The van der Waals surface area contributed by atoms with Crippen molar-refractivity contribution in [2.45, 2.75) is 38.3 Å². The number of hydrogen-bond acceptors (Lipinski definition) is 4. The van der Waals surface area contributed by atoms with Crippen molar-refractivity contribution in [2.75, 3.05) is 20.2 Å². The van der Waals surface area contributed by atoms with Crippen molar-refractivity contribution in [1.82, 2.24) is 4.90 Å². The number of carbonyl (C=O) groups is 1. The van der Waals surface area contributed by atoms with Crippen LogP contribution in [0, 0.1) is 0 Å². The Balaban J connectivity index is 2.49. The van der Waals surface area contributed by atoms with Crippen molar-refractivity contribution in [2.24, 2.45) is 5.73 Å². The maximum atomic E-state index is 11.1. The first-order valence-electron chi connectivity index (χ1n) is 5.21. The van der Waals surface area contributed by atoms with Gasteiger partial charge in [-0.25, -0.2) is 0 Å². The molecule has 1 saturated heterocycles. The maximum Gasteiger partial charge on any atom is 0.319 e. The van der Waals surface area contributed by atoms with E-state index in [0.717, 1.165) is 19.4 Å². The van der Waals surface area contributed by atoms with Crippen LogP contribution in [0.15, 0.2) is 0 Å². The minimum absolute atomic E-state index is 0.125. The number of methoxy groups -OCH3 is 1. The summed E-state index contributed by atoms with van der Waals surface area (Å²) in [7, 11) is 1.42. The van der Waals surface area contributed by atoms with Crippen LogP contribution in [-0.2, 0) is 9.53 Å². The summed E-state index contributed by atoms with van der Waals surface area (Å²) in [6, 6.07) is 0.461. The summed E-state index contributed by atoms with van der Waals surface area (Å²) >= 11 is 0. The van der Waals surface area contributed by atoms with Gasteiger partial charge in [0, 0.05) is 12.1 Å². The van der Waals surface area contributed by atoms with Crippen LogP contribution in [0.25, 0.3) is 0 Å². The molecule has 1 aliphatic heterocycles. The zero-order valence-electron chi connectivity index (χ0n) is 9.03. The number of nitrogens with two attached hydrogens (primary N) is 1. The van der Waals surface area contributed by atoms with E-state index < -0.39 is 0 Å². The fourth-order valence-electron chi connectivity index (χ4n) is 2.04. The van der Waals surface area contributed by atoms with E-state index in [1.54, 1.807) is 0 Å². The topological polar surface area (TPSA) is 55.6 Å². The zero-order chi connectivity index (χ0) is 10.6. The molecule has 0 saturated carbocycles. The third-order valence-corrected chi connectivity index (χ3v) is 2.83. The Morgan fingerprint density at radius 3 is 2.93 bits per heavy atom. The van der Waals surface area contributed by atoms with Crippen molar-refractivity contribution >= 4 is 5.97 Å². The summed E-state index contributed by atoms with van der Waals surface area (Å²) in [5, 5.41) is 0. The van der Waals surface area contributed by atoms with E-state index in [2.05, 4.69) is 9.64 Å². The standard InChI is InChI=1S/C10H20N2O2/c1-8(11)9-5-3-4-6-12(9)7-10(13)14-2/h8-9H,3-7,11H2,1-2H3. The number of hydrogen-bond donors (Lipinski definition) is 1. The Morgan fingerprint density at radius 1 is 1.64 bits per heavy atom. The Labute approximate surface area is 85.4 Å². The molecule has 2 unspecified atom stereocenters. The molecule has 2 N–H and O–H groups in total. The van der Waals surface area contributed by atoms with Crippen LogP contribution in [-0.4, -0.2) is 43.2 Å². The second kappa shape index (κ2) is 5.32. The molecule has 0 bridgehead atoms. The average Bonchev–Trinajstić information content (AvgIpc) is 2.18. The second-order valence-electron chi connectivity index (χ2n) is 3.97. The molecule has 4 heteroatoms. The molecule has 0 aliphatic carbocycles. The third kappa shape index (κ3) is 2.96. The Kier molecular flexibility index (Phi) is 4.35. The summed E-state index contributed by atoms with van der Waals surface area (Å²) in [5.41, 5.74) is 5.88. The number of piperidine rings is 1. The van der Waals surface area contributed by atoms with Crippen LogP contribution in [0.1, 0.15) is 26.2 Å². The summed E-state index contributed by atoms with van der Waals surface area (Å²) in [5.74, 6) is -0.169. The molecule has 1 heterocycles. The molecule has 0 aromatic rings. The fourth-order valence-corrected chi connectivity index (χ4v) is 2.04. The highest BCUT2D eigenvalue weighted by molar-refractivity contribution is 5.71. The van der Waals surface area contributed by atoms with E-state index in [4.69, 9.17) is 5.73 Å². The molecule has 0 aromatic carbocycles. The van der Waals surface area contributed by atoms with Crippen molar-refractivity contribution in [1.29, 1.82) is 0 Å². The minimum atomic E-state index is -0.169. The molecule has 1 aliphatic rings. The van der Waals surface area contributed by atoms with Crippen molar-refractivity contribution in [3.05, 3.63) is 0 Å². The first-order valence-corrected chi connectivity index (χ1v) is 5.21. The predicted molar refractivity (Wildman–Crippen MR) is 54.9 cm³/mol. The van der Waals surface area contributed by atoms with E-state index in [9.17, 15) is 4.79 Å². The van der Waals surface area contributed by atoms with Gasteiger partial charge in [-0.3, -0.25) is 9.69 Å². The van der Waals surface area contributed by atoms with Crippen LogP contribution in [0.5, 0.6) is 0 Å². The predicted octanol–water partition coefficient (Wildman–Crippen LogP) is 0.361. The first-order chi connectivity index (χ1) is 6.65. The maximum absolute atomic E-state index is 11.1. The SMILES string of the molecule is COC(=O)CN1CCCCC1C(C)N. The number of nitrogens with zero attached hydrogens (tertiary/aromatic N) is 1. The molecule has 0 spiro atoms. The first kappa shape index (κ1) is 11.5. The van der Waals surface area contributed by atoms with Crippen LogP contribution in [0.3, 0.4) is 0 Å². The van der Waals surface area contributed by atoms with Gasteiger partial charge in [-0.15, -0.1) is 0 Å². The van der Waals surface area contributed by atoms with Gasteiger partial charge in [0.25, 0.3) is 0 Å². The van der Waals surface area contributed by atoms with Gasteiger partial charge in [-0.1, -0.05) is 6.42 Å². The summed E-state index contributed by atoms with van der Waals surface area (Å²) in [6.45, 7) is 3.34.